The first kappa shape index (κ1) is 11.5. The highest BCUT2D eigenvalue weighted by atomic mass is 32.1. The van der Waals surface area contributed by atoms with Gasteiger partial charge in [0.25, 0.3) is 0 Å². The summed E-state index contributed by atoms with van der Waals surface area (Å²) in [6.07, 6.45) is 2.43. The first-order valence-corrected chi connectivity index (χ1v) is 7.93. The van der Waals surface area contributed by atoms with Gasteiger partial charge in [-0.25, -0.2) is 9.97 Å². The Morgan fingerprint density at radius 1 is 1.14 bits per heavy atom. The number of aromatic nitrogens is 3. The van der Waals surface area contributed by atoms with Crippen molar-refractivity contribution in [3.63, 3.8) is 0 Å². The highest BCUT2D eigenvalue weighted by molar-refractivity contribution is 7.25. The first-order chi connectivity index (χ1) is 10.2. The largest absolute Gasteiger partial charge is 0.382 e. The van der Waals surface area contributed by atoms with Crippen molar-refractivity contribution >= 4 is 49.2 Å². The van der Waals surface area contributed by atoms with Crippen molar-refractivity contribution in [2.45, 2.75) is 18.8 Å². The number of fused-ring (bicyclic) bond motifs is 5. The highest BCUT2D eigenvalue weighted by Crippen LogP contribution is 2.45. The predicted molar refractivity (Wildman–Crippen MR) is 85.7 cm³/mol. The van der Waals surface area contributed by atoms with Crippen LogP contribution in [0.4, 0.5) is 17.5 Å². The van der Waals surface area contributed by atoms with Crippen LogP contribution in [0.5, 0.6) is 0 Å². The van der Waals surface area contributed by atoms with Crippen molar-refractivity contribution < 1.29 is 0 Å². The summed E-state index contributed by atoms with van der Waals surface area (Å²) < 4.78 is 0.886. The Morgan fingerprint density at radius 3 is 2.76 bits per heavy atom. The van der Waals surface area contributed by atoms with Gasteiger partial charge in [0.1, 0.15) is 10.6 Å². The molecule has 0 atom stereocenters. The lowest BCUT2D eigenvalue weighted by Gasteiger charge is -2.41. The monoisotopic (exact) mass is 298 g/mol. The van der Waals surface area contributed by atoms with Crippen LogP contribution < -0.4 is 16.4 Å². The predicted octanol–water partition coefficient (Wildman–Crippen LogP) is 2.10. The maximum absolute atomic E-state index is 5.98. The van der Waals surface area contributed by atoms with Gasteiger partial charge in [0.15, 0.2) is 0 Å². The molecule has 3 aromatic heterocycles. The minimum Gasteiger partial charge on any atom is -0.382 e. The maximum atomic E-state index is 5.98. The van der Waals surface area contributed by atoms with Gasteiger partial charge in [-0.2, -0.15) is 4.98 Å². The van der Waals surface area contributed by atoms with E-state index in [2.05, 4.69) is 20.9 Å². The minimum absolute atomic E-state index is 0.222. The van der Waals surface area contributed by atoms with E-state index in [-0.39, 0.29) is 5.95 Å². The molecule has 3 aliphatic heterocycles. The molecule has 0 spiro atoms. The molecule has 6 nitrogen and oxygen atoms in total. The zero-order valence-corrected chi connectivity index (χ0v) is 12.2. The van der Waals surface area contributed by atoms with E-state index < -0.39 is 0 Å². The number of hydrogen-bond acceptors (Lipinski definition) is 7. The van der Waals surface area contributed by atoms with Gasteiger partial charge in [-0.15, -0.1) is 11.3 Å². The Hall–Kier alpha value is -2.15. The van der Waals surface area contributed by atoms with Gasteiger partial charge in [0.05, 0.1) is 21.6 Å². The summed E-state index contributed by atoms with van der Waals surface area (Å²) in [5.74, 6) is 1.27. The van der Waals surface area contributed by atoms with Crippen molar-refractivity contribution in [3.05, 3.63) is 11.8 Å². The zero-order valence-electron chi connectivity index (χ0n) is 11.3. The lowest BCUT2D eigenvalue weighted by Crippen LogP contribution is -2.39. The van der Waals surface area contributed by atoms with E-state index in [4.69, 9.17) is 16.5 Å². The average molecular weight is 298 g/mol. The van der Waals surface area contributed by atoms with Crippen molar-refractivity contribution in [3.8, 4) is 0 Å². The third-order valence-corrected chi connectivity index (χ3v) is 5.69. The molecule has 6 rings (SSSR count). The van der Waals surface area contributed by atoms with E-state index in [9.17, 15) is 0 Å². The molecule has 0 radical (unpaired) electrons. The normalized spacial score (nSPS) is 17.8. The van der Waals surface area contributed by atoms with Crippen molar-refractivity contribution in [1.82, 2.24) is 15.0 Å². The topological polar surface area (TPSA) is 93.9 Å². The number of piperidine rings is 1. The van der Waals surface area contributed by atoms with E-state index in [0.717, 1.165) is 33.5 Å². The number of anilines is 3. The van der Waals surface area contributed by atoms with Gasteiger partial charge in [-0.1, -0.05) is 0 Å². The Labute approximate surface area is 124 Å². The molecule has 2 bridgehead atoms. The maximum Gasteiger partial charge on any atom is 0.222 e. The van der Waals surface area contributed by atoms with Crippen LogP contribution in [0.15, 0.2) is 6.07 Å². The standard InChI is InChI=1S/C14H14N6S/c15-12-11-10(18-14(16)19-12)7-5-8-9(17-13(7)21-11)6-1-3-20(8)4-2-6/h5-6H,1-4H2,(H4,15,16,18,19). The van der Waals surface area contributed by atoms with Crippen molar-refractivity contribution in [2.75, 3.05) is 29.5 Å². The Bertz CT molecular complexity index is 893. The lowest BCUT2D eigenvalue weighted by atomic mass is 9.86. The number of nitrogens with zero attached hydrogens (tertiary/aromatic N) is 4. The third-order valence-electron chi connectivity index (χ3n) is 4.58. The molecular weight excluding hydrogens is 284 g/mol. The van der Waals surface area contributed by atoms with E-state index in [1.165, 1.54) is 24.2 Å². The van der Waals surface area contributed by atoms with Crippen LogP contribution in [0.3, 0.4) is 0 Å². The second-order valence-electron chi connectivity index (χ2n) is 5.75. The van der Waals surface area contributed by atoms with Crippen LogP contribution in [-0.4, -0.2) is 28.0 Å². The van der Waals surface area contributed by atoms with Gasteiger partial charge < -0.3 is 16.4 Å². The van der Waals surface area contributed by atoms with Crippen LogP contribution in [0.2, 0.25) is 0 Å². The van der Waals surface area contributed by atoms with E-state index in [0.29, 0.717) is 11.7 Å². The van der Waals surface area contributed by atoms with Crippen LogP contribution in [-0.2, 0) is 0 Å². The number of thiophene rings is 1. The third kappa shape index (κ3) is 1.44. The molecule has 6 heterocycles. The van der Waals surface area contributed by atoms with Crippen LogP contribution in [0.25, 0.3) is 20.4 Å². The first-order valence-electron chi connectivity index (χ1n) is 7.12. The molecule has 0 saturated carbocycles. The van der Waals surface area contributed by atoms with Gasteiger partial charge in [0, 0.05) is 24.4 Å². The molecule has 3 aromatic rings. The number of pyridine rings is 1. The molecule has 1 fully saturated rings. The van der Waals surface area contributed by atoms with E-state index in [1.54, 1.807) is 11.3 Å². The highest BCUT2D eigenvalue weighted by Gasteiger charge is 2.32. The lowest BCUT2D eigenvalue weighted by molar-refractivity contribution is 0.465. The van der Waals surface area contributed by atoms with Crippen molar-refractivity contribution in [1.29, 1.82) is 0 Å². The fourth-order valence-corrected chi connectivity index (χ4v) is 4.57. The van der Waals surface area contributed by atoms with E-state index >= 15 is 0 Å². The number of hydrogen-bond donors (Lipinski definition) is 2. The second kappa shape index (κ2) is 3.73. The summed E-state index contributed by atoms with van der Waals surface area (Å²) in [7, 11) is 0. The summed E-state index contributed by atoms with van der Waals surface area (Å²) in [6.45, 7) is 2.26. The van der Waals surface area contributed by atoms with Crippen LogP contribution in [0.1, 0.15) is 24.5 Å². The molecule has 0 aliphatic carbocycles. The smallest absolute Gasteiger partial charge is 0.222 e. The van der Waals surface area contributed by atoms with Crippen LogP contribution >= 0.6 is 11.3 Å². The summed E-state index contributed by atoms with van der Waals surface area (Å²) in [4.78, 5) is 16.8. The quantitative estimate of drug-likeness (QED) is 0.660. The molecule has 1 saturated heterocycles. The number of rotatable bonds is 0. The second-order valence-corrected chi connectivity index (χ2v) is 6.75. The molecular formula is C14H14N6S. The van der Waals surface area contributed by atoms with Gasteiger partial charge >= 0.3 is 0 Å². The van der Waals surface area contributed by atoms with Crippen molar-refractivity contribution in [2.24, 2.45) is 0 Å². The minimum atomic E-state index is 0.222. The van der Waals surface area contributed by atoms with Crippen LogP contribution in [0, 0.1) is 0 Å². The summed E-state index contributed by atoms with van der Waals surface area (Å²) in [5, 5.41) is 1.04. The molecule has 21 heavy (non-hydrogen) atoms. The number of nitrogen functional groups attached to an aromatic ring is 2. The SMILES string of the molecule is Nc1nc(N)c2sc3nc4c(cc3c2n1)N1CCC4CC1. The molecule has 3 aliphatic rings. The summed E-state index contributed by atoms with van der Waals surface area (Å²) in [6, 6.07) is 2.22. The van der Waals surface area contributed by atoms with E-state index in [1.807, 2.05) is 0 Å². The Balaban J connectivity index is 1.90. The summed E-state index contributed by atoms with van der Waals surface area (Å²) in [5.41, 5.74) is 15.1. The molecule has 0 amide bonds. The molecule has 0 aromatic carbocycles. The fraction of sp³-hybridized carbons (Fsp3) is 0.357. The molecule has 0 unspecified atom stereocenters. The summed E-state index contributed by atoms with van der Waals surface area (Å²) >= 11 is 1.56. The fourth-order valence-electron chi connectivity index (χ4n) is 3.56. The molecule has 7 heteroatoms. The Kier molecular flexibility index (Phi) is 2.04. The Morgan fingerprint density at radius 2 is 1.95 bits per heavy atom. The van der Waals surface area contributed by atoms with Gasteiger partial charge in [-0.05, 0) is 18.9 Å². The zero-order chi connectivity index (χ0) is 14.1. The average Bonchev–Trinajstić information content (AvgIpc) is 2.85. The van der Waals surface area contributed by atoms with Gasteiger partial charge in [0.2, 0.25) is 5.95 Å². The molecule has 106 valence electrons. The van der Waals surface area contributed by atoms with Gasteiger partial charge in [-0.3, -0.25) is 0 Å². The molecule has 4 N–H and O–H groups in total. The number of nitrogens with two attached hydrogens (primary N) is 2.